The summed E-state index contributed by atoms with van der Waals surface area (Å²) >= 11 is 0. The molecule has 204 valence electrons. The lowest BCUT2D eigenvalue weighted by Crippen LogP contribution is -2.45. The van der Waals surface area contributed by atoms with E-state index in [0.29, 0.717) is 28.7 Å². The van der Waals surface area contributed by atoms with Crippen LogP contribution in [0.15, 0.2) is 55.2 Å². The molecule has 7 rings (SSSR count). The molecule has 2 aliphatic rings. The molecule has 0 radical (unpaired) electrons. The Morgan fingerprint density at radius 2 is 1.85 bits per heavy atom. The van der Waals surface area contributed by atoms with Gasteiger partial charge in [-0.2, -0.15) is 0 Å². The number of carbonyl (C=O) groups excluding carboxylic acids is 1. The molecule has 2 aliphatic carbocycles. The molecule has 0 unspecified atom stereocenters. The number of anilines is 2. The SMILES string of the molecule is C#Cc1c(-c2cnc3ccccc3c2)c2c(N)ncnc2n1C12CCC(NC(=O)c3cnc(N(C)C)cn3)(CC1)C2. The number of carbonyl (C=O) groups is 1. The van der Waals surface area contributed by atoms with Gasteiger partial charge in [0.05, 0.1) is 23.3 Å². The first-order chi connectivity index (χ1) is 19.8. The fourth-order valence-corrected chi connectivity index (χ4v) is 6.85. The monoisotopic (exact) mass is 543 g/mol. The van der Waals surface area contributed by atoms with E-state index in [1.165, 1.54) is 12.5 Å². The van der Waals surface area contributed by atoms with E-state index >= 15 is 0 Å². The van der Waals surface area contributed by atoms with Gasteiger partial charge in [0.25, 0.3) is 5.91 Å². The number of fused-ring (bicyclic) bond motifs is 4. The van der Waals surface area contributed by atoms with Crippen molar-refractivity contribution in [2.45, 2.75) is 43.2 Å². The molecule has 5 aromatic rings. The number of nitrogens with two attached hydrogens (primary N) is 1. The van der Waals surface area contributed by atoms with Crippen molar-refractivity contribution < 1.29 is 4.79 Å². The number of hydrogen-bond donors (Lipinski definition) is 2. The predicted octanol–water partition coefficient (Wildman–Crippen LogP) is 3.91. The number of hydrogen-bond acceptors (Lipinski definition) is 8. The molecule has 1 amide bonds. The Morgan fingerprint density at radius 1 is 1.05 bits per heavy atom. The highest BCUT2D eigenvalue weighted by Gasteiger charge is 2.57. The molecular formula is C31H29N9O. The van der Waals surface area contributed by atoms with E-state index in [1.54, 1.807) is 6.20 Å². The number of rotatable bonds is 5. The van der Waals surface area contributed by atoms with Crippen LogP contribution in [0.4, 0.5) is 11.6 Å². The van der Waals surface area contributed by atoms with Crippen LogP contribution in [0.25, 0.3) is 33.1 Å². The Morgan fingerprint density at radius 3 is 2.59 bits per heavy atom. The predicted molar refractivity (Wildman–Crippen MR) is 158 cm³/mol. The molecule has 4 heterocycles. The summed E-state index contributed by atoms with van der Waals surface area (Å²) in [4.78, 5) is 37.5. The Hall–Kier alpha value is -5.04. The van der Waals surface area contributed by atoms with Crippen molar-refractivity contribution in [1.82, 2.24) is 34.8 Å². The number of benzene rings is 1. The molecule has 0 atom stereocenters. The number of aromatic nitrogens is 6. The molecule has 10 nitrogen and oxygen atoms in total. The molecular weight excluding hydrogens is 514 g/mol. The topological polar surface area (TPSA) is 128 Å². The van der Waals surface area contributed by atoms with E-state index in [4.69, 9.17) is 17.1 Å². The maximum Gasteiger partial charge on any atom is 0.271 e. The van der Waals surface area contributed by atoms with Gasteiger partial charge in [-0.3, -0.25) is 9.78 Å². The Balaban J connectivity index is 1.30. The highest BCUT2D eigenvalue weighted by atomic mass is 16.2. The van der Waals surface area contributed by atoms with Gasteiger partial charge in [0.2, 0.25) is 0 Å². The van der Waals surface area contributed by atoms with Crippen molar-refractivity contribution in [2.75, 3.05) is 24.7 Å². The average Bonchev–Trinajstić information content (AvgIpc) is 3.65. The maximum absolute atomic E-state index is 13.3. The van der Waals surface area contributed by atoms with Crippen LogP contribution in [-0.2, 0) is 5.54 Å². The summed E-state index contributed by atoms with van der Waals surface area (Å²) in [6, 6.07) is 10.1. The Labute approximate surface area is 237 Å². The van der Waals surface area contributed by atoms with Crippen molar-refractivity contribution >= 4 is 39.5 Å². The van der Waals surface area contributed by atoms with E-state index < -0.39 is 0 Å². The van der Waals surface area contributed by atoms with E-state index in [2.05, 4.69) is 41.8 Å². The van der Waals surface area contributed by atoms with Gasteiger partial charge in [-0.15, -0.1) is 6.42 Å². The fraction of sp³-hybridized carbons (Fsp3) is 0.290. The molecule has 41 heavy (non-hydrogen) atoms. The Bertz CT molecular complexity index is 1880. The van der Waals surface area contributed by atoms with Crippen LogP contribution in [0.3, 0.4) is 0 Å². The minimum atomic E-state index is -0.370. The van der Waals surface area contributed by atoms with Crippen molar-refractivity contribution in [3.8, 4) is 23.5 Å². The summed E-state index contributed by atoms with van der Waals surface area (Å²) in [5, 5.41) is 5.05. The van der Waals surface area contributed by atoms with Crippen LogP contribution in [0, 0.1) is 12.3 Å². The third kappa shape index (κ3) is 3.80. The summed E-state index contributed by atoms with van der Waals surface area (Å²) in [7, 11) is 3.77. The minimum Gasteiger partial charge on any atom is -0.383 e. The van der Waals surface area contributed by atoms with E-state index in [9.17, 15) is 4.79 Å². The van der Waals surface area contributed by atoms with Gasteiger partial charge in [0.15, 0.2) is 0 Å². The summed E-state index contributed by atoms with van der Waals surface area (Å²) in [5.41, 5.74) is 10.1. The molecule has 2 fully saturated rings. The highest BCUT2D eigenvalue weighted by molar-refractivity contribution is 6.04. The number of amides is 1. The van der Waals surface area contributed by atoms with E-state index in [-0.39, 0.29) is 17.0 Å². The van der Waals surface area contributed by atoms with Crippen LogP contribution >= 0.6 is 0 Å². The number of para-hydroxylation sites is 1. The minimum absolute atomic E-state index is 0.218. The molecule has 0 aliphatic heterocycles. The Kier molecular flexibility index (Phi) is 5.47. The van der Waals surface area contributed by atoms with Crippen molar-refractivity contribution in [1.29, 1.82) is 0 Å². The zero-order valence-electron chi connectivity index (χ0n) is 22.9. The van der Waals surface area contributed by atoms with Gasteiger partial charge in [-0.1, -0.05) is 24.1 Å². The number of nitrogens with one attached hydrogen (secondary N) is 1. The summed E-state index contributed by atoms with van der Waals surface area (Å²) < 4.78 is 2.19. The largest absolute Gasteiger partial charge is 0.383 e. The standard InChI is InChI=1S/C31H29N9O/c1-4-23-25(20-13-19-7-5-6-8-21(19)33-14-20)26-27(32)36-18-37-28(26)40(23)31-11-9-30(17-31,10-12-31)38-29(41)22-15-35-24(16-34-22)39(2)3/h1,5-8,13-16,18H,9-12,17H2,2-3H3,(H,38,41)(H2,32,36,37). The fourth-order valence-electron chi connectivity index (χ4n) is 6.85. The first-order valence-corrected chi connectivity index (χ1v) is 13.6. The van der Waals surface area contributed by atoms with E-state index in [1.807, 2.05) is 49.5 Å². The molecule has 0 saturated heterocycles. The van der Waals surface area contributed by atoms with E-state index in [0.717, 1.165) is 59.5 Å². The lowest BCUT2D eigenvalue weighted by atomic mass is 9.90. The molecule has 0 spiro atoms. The quantitative estimate of drug-likeness (QED) is 0.320. The summed E-state index contributed by atoms with van der Waals surface area (Å²) in [5.74, 6) is 3.83. The first kappa shape index (κ1) is 25.0. The molecule has 2 bridgehead atoms. The third-order valence-electron chi connectivity index (χ3n) is 8.78. The van der Waals surface area contributed by atoms with Crippen LogP contribution in [-0.4, -0.2) is 55.0 Å². The zero-order chi connectivity index (χ0) is 28.4. The second-order valence-electron chi connectivity index (χ2n) is 11.4. The van der Waals surface area contributed by atoms with Crippen LogP contribution in [0.2, 0.25) is 0 Å². The van der Waals surface area contributed by atoms with Gasteiger partial charge in [0, 0.05) is 47.9 Å². The van der Waals surface area contributed by atoms with Crippen molar-refractivity contribution in [2.24, 2.45) is 0 Å². The van der Waals surface area contributed by atoms with Gasteiger partial charge >= 0.3 is 0 Å². The normalized spacial score (nSPS) is 21.3. The van der Waals surface area contributed by atoms with Gasteiger partial charge in [-0.25, -0.2) is 19.9 Å². The zero-order valence-corrected chi connectivity index (χ0v) is 22.9. The average molecular weight is 544 g/mol. The molecule has 3 N–H and O–H groups in total. The number of terminal acetylenes is 1. The number of nitrogen functional groups attached to an aromatic ring is 1. The van der Waals surface area contributed by atoms with Gasteiger partial charge < -0.3 is 20.5 Å². The van der Waals surface area contributed by atoms with Crippen LogP contribution in [0.1, 0.15) is 48.3 Å². The molecule has 4 aromatic heterocycles. The number of pyridine rings is 1. The molecule has 2 saturated carbocycles. The first-order valence-electron chi connectivity index (χ1n) is 13.6. The summed E-state index contributed by atoms with van der Waals surface area (Å²) in [6.45, 7) is 0. The van der Waals surface area contributed by atoms with Crippen LogP contribution in [0.5, 0.6) is 0 Å². The van der Waals surface area contributed by atoms with Crippen molar-refractivity contribution in [3.63, 3.8) is 0 Å². The molecule has 1 aromatic carbocycles. The third-order valence-corrected chi connectivity index (χ3v) is 8.78. The van der Waals surface area contributed by atoms with Gasteiger partial charge in [-0.05, 0) is 44.2 Å². The second kappa shape index (κ2) is 8.99. The lowest BCUT2D eigenvalue weighted by molar-refractivity contribution is 0.0895. The molecule has 10 heteroatoms. The summed E-state index contributed by atoms with van der Waals surface area (Å²) in [6.07, 6.45) is 16.8. The maximum atomic E-state index is 13.3. The van der Waals surface area contributed by atoms with Gasteiger partial charge in [0.1, 0.15) is 35.0 Å². The van der Waals surface area contributed by atoms with Crippen LogP contribution < -0.4 is 16.0 Å². The highest BCUT2D eigenvalue weighted by Crippen LogP contribution is 2.57. The van der Waals surface area contributed by atoms with Crippen molar-refractivity contribution in [3.05, 3.63) is 66.6 Å². The smallest absolute Gasteiger partial charge is 0.271 e. The second-order valence-corrected chi connectivity index (χ2v) is 11.4. The number of nitrogens with zero attached hydrogens (tertiary/aromatic N) is 7. The lowest BCUT2D eigenvalue weighted by Gasteiger charge is -2.30.